The zero-order chi connectivity index (χ0) is 43.6. The summed E-state index contributed by atoms with van der Waals surface area (Å²) in [5, 5.41) is 15.6. The number of carbonyl (C=O) groups is 2. The van der Waals surface area contributed by atoms with Crippen LogP contribution in [0.2, 0.25) is 0 Å². The van der Waals surface area contributed by atoms with Gasteiger partial charge in [-0.1, -0.05) is 73.9 Å². The highest BCUT2D eigenvalue weighted by Crippen LogP contribution is 2.46. The van der Waals surface area contributed by atoms with Gasteiger partial charge in [0.25, 0.3) is 8.53 Å². The molecule has 0 bridgehead atoms. The molecule has 2 aliphatic heterocycles. The van der Waals surface area contributed by atoms with Crippen LogP contribution in [0, 0.1) is 11.3 Å². The van der Waals surface area contributed by atoms with Crippen molar-refractivity contribution in [2.75, 3.05) is 46.5 Å². The molecule has 0 aromatic heterocycles. The third-order valence-corrected chi connectivity index (χ3v) is 14.8. The molecule has 0 radical (unpaired) electrons. The van der Waals surface area contributed by atoms with Crippen molar-refractivity contribution in [1.29, 1.82) is 5.26 Å². The van der Waals surface area contributed by atoms with Gasteiger partial charge in [0.1, 0.15) is 23.8 Å². The van der Waals surface area contributed by atoms with Crippen LogP contribution in [0.4, 0.5) is 4.79 Å². The molecule has 3 aromatic rings. The molecule has 0 aliphatic carbocycles. The topological polar surface area (TPSA) is 135 Å². The smallest absolute Gasteiger partial charge is 0.319 e. The number of nitriles is 1. The highest BCUT2D eigenvalue weighted by molar-refractivity contribution is 8.00. The van der Waals surface area contributed by atoms with Crippen molar-refractivity contribution in [3.8, 4) is 17.6 Å². The molecule has 2 N–H and O–H groups in total. The molecule has 0 spiro atoms. The van der Waals surface area contributed by atoms with Gasteiger partial charge in [-0.15, -0.1) is 0 Å². The minimum Gasteiger partial charge on any atom is -0.497 e. The van der Waals surface area contributed by atoms with E-state index in [2.05, 4.69) is 61.2 Å². The first-order chi connectivity index (χ1) is 29.6. The number of carbonyl (C=O) groups excluding carboxylic acids is 2. The van der Waals surface area contributed by atoms with Gasteiger partial charge in [-0.3, -0.25) is 9.69 Å². The molecule has 2 aliphatic rings. The largest absolute Gasteiger partial charge is 0.497 e. The molecule has 12 nitrogen and oxygen atoms in total. The third kappa shape index (κ3) is 13.1. The van der Waals surface area contributed by atoms with Gasteiger partial charge in [-0.05, 0) is 94.3 Å². The van der Waals surface area contributed by atoms with E-state index in [0.717, 1.165) is 78.9 Å². The maximum atomic E-state index is 13.6. The summed E-state index contributed by atoms with van der Waals surface area (Å²) >= 11 is 1.89. The number of urea groups is 1. The highest BCUT2D eigenvalue weighted by atomic mass is 32.2. The summed E-state index contributed by atoms with van der Waals surface area (Å²) in [6, 6.07) is 28.5. The summed E-state index contributed by atoms with van der Waals surface area (Å²) in [5.74, 6) is 2.40. The van der Waals surface area contributed by atoms with E-state index in [1.54, 1.807) is 14.2 Å². The molecular weight excluding hydrogens is 810 g/mol. The lowest BCUT2D eigenvalue weighted by Gasteiger charge is -2.37. The maximum absolute atomic E-state index is 13.6. The minimum atomic E-state index is -1.21. The Balaban J connectivity index is 1.06. The van der Waals surface area contributed by atoms with Crippen molar-refractivity contribution in [2.45, 2.75) is 121 Å². The van der Waals surface area contributed by atoms with E-state index < -0.39 is 14.1 Å². The van der Waals surface area contributed by atoms with Crippen molar-refractivity contribution in [3.63, 3.8) is 0 Å². The van der Waals surface area contributed by atoms with Crippen molar-refractivity contribution in [3.05, 3.63) is 95.6 Å². The van der Waals surface area contributed by atoms with E-state index >= 15 is 0 Å². The first-order valence-electron chi connectivity index (χ1n) is 21.8. The number of nitrogens with zero attached hydrogens (tertiary/aromatic N) is 3. The van der Waals surface area contributed by atoms with Gasteiger partial charge >= 0.3 is 6.03 Å². The maximum Gasteiger partial charge on any atom is 0.319 e. The highest BCUT2D eigenvalue weighted by Gasteiger charge is 2.49. The summed E-state index contributed by atoms with van der Waals surface area (Å²) in [6.07, 6.45) is 7.39. The van der Waals surface area contributed by atoms with Crippen molar-refractivity contribution >= 4 is 32.2 Å². The molecule has 0 saturated carbocycles. The number of ether oxygens (including phenoxy) is 3. The van der Waals surface area contributed by atoms with Crippen molar-refractivity contribution in [2.24, 2.45) is 0 Å². The second-order valence-corrected chi connectivity index (χ2v) is 18.8. The quantitative estimate of drug-likeness (QED) is 0.0330. The van der Waals surface area contributed by atoms with Crippen LogP contribution >= 0.6 is 20.3 Å². The van der Waals surface area contributed by atoms with E-state index in [1.165, 1.54) is 0 Å². The first-order valence-corrected chi connectivity index (χ1v) is 24.0. The number of fused-ring (bicyclic) bond motifs is 1. The number of unbranched alkanes of at least 4 members (excludes halogenated alkanes) is 4. The lowest BCUT2D eigenvalue weighted by molar-refractivity contribution is -0.121. The average Bonchev–Trinajstić information content (AvgIpc) is 3.81. The second kappa shape index (κ2) is 24.7. The van der Waals surface area contributed by atoms with Crippen LogP contribution in [0.15, 0.2) is 78.9 Å². The Hall–Kier alpha value is -3.89. The Morgan fingerprint density at radius 3 is 2.08 bits per heavy atom. The predicted molar refractivity (Wildman–Crippen MR) is 244 cm³/mol. The SMILES string of the molecule is COc1ccc(C(OCN2C(=O)NC3C(CCCCC(=O)NCCCCCCOP(OCCC#N)N(C(C)C)C(C)C)SCC32)(c2ccccc2)c2ccc(OC)cc2)cc1. The van der Waals surface area contributed by atoms with Crippen molar-refractivity contribution < 1.29 is 32.8 Å². The van der Waals surface area contributed by atoms with E-state index in [1.807, 2.05) is 83.4 Å². The molecule has 4 atom stereocenters. The van der Waals surface area contributed by atoms with Crippen LogP contribution in [0.1, 0.15) is 102 Å². The van der Waals surface area contributed by atoms with E-state index in [4.69, 9.17) is 28.5 Å². The van der Waals surface area contributed by atoms with Crippen LogP contribution in [-0.2, 0) is 24.2 Å². The van der Waals surface area contributed by atoms with Crippen molar-refractivity contribution in [1.82, 2.24) is 20.2 Å². The van der Waals surface area contributed by atoms with E-state index in [-0.39, 0.29) is 48.1 Å². The minimum absolute atomic E-state index is 0.00232. The molecule has 61 heavy (non-hydrogen) atoms. The summed E-state index contributed by atoms with van der Waals surface area (Å²) < 4.78 is 32.5. The molecule has 2 fully saturated rings. The van der Waals surface area contributed by atoms with Gasteiger partial charge in [-0.25, -0.2) is 9.46 Å². The molecule has 5 rings (SSSR count). The fourth-order valence-electron chi connectivity index (χ4n) is 8.17. The predicted octanol–water partition coefficient (Wildman–Crippen LogP) is 9.38. The van der Waals surface area contributed by atoms with Gasteiger partial charge in [-0.2, -0.15) is 17.0 Å². The van der Waals surface area contributed by atoms with E-state index in [0.29, 0.717) is 32.6 Å². The Morgan fingerprint density at radius 1 is 0.869 bits per heavy atom. The zero-order valence-electron chi connectivity index (χ0n) is 36.8. The average molecular weight is 876 g/mol. The Morgan fingerprint density at radius 2 is 1.48 bits per heavy atom. The number of hydrogen-bond acceptors (Lipinski definition) is 10. The second-order valence-electron chi connectivity index (χ2n) is 16.1. The lowest BCUT2D eigenvalue weighted by atomic mass is 9.80. The van der Waals surface area contributed by atoms with Crippen LogP contribution < -0.4 is 20.1 Å². The Labute approximate surface area is 369 Å². The molecule has 2 heterocycles. The fourth-order valence-corrected chi connectivity index (χ4v) is 11.4. The molecule has 3 amide bonds. The Kier molecular flexibility index (Phi) is 19.5. The van der Waals surface area contributed by atoms with Crippen LogP contribution in [0.25, 0.3) is 0 Å². The number of amides is 3. The summed E-state index contributed by atoms with van der Waals surface area (Å²) in [6.45, 7) is 10.3. The molecule has 3 aromatic carbocycles. The first kappa shape index (κ1) is 48.1. The Bertz CT molecular complexity index is 1760. The number of hydrogen-bond donors (Lipinski definition) is 2. The van der Waals surface area contributed by atoms with Gasteiger partial charge in [0.2, 0.25) is 5.91 Å². The van der Waals surface area contributed by atoms with E-state index in [9.17, 15) is 9.59 Å². The normalized spacial score (nSPS) is 18.0. The number of thioether (sulfide) groups is 1. The molecule has 4 unspecified atom stereocenters. The van der Waals surface area contributed by atoms with Crippen LogP contribution in [-0.4, -0.2) is 97.4 Å². The number of benzene rings is 3. The summed E-state index contributed by atoms with van der Waals surface area (Å²) in [4.78, 5) is 28.1. The zero-order valence-corrected chi connectivity index (χ0v) is 38.6. The van der Waals surface area contributed by atoms with Gasteiger partial charge in [0, 0.05) is 36.1 Å². The van der Waals surface area contributed by atoms with Crippen LogP contribution in [0.5, 0.6) is 11.5 Å². The molecular formula is C47H66N5O7PS. The number of rotatable bonds is 27. The van der Waals surface area contributed by atoms with Crippen LogP contribution in [0.3, 0.4) is 0 Å². The molecule has 14 heteroatoms. The molecule has 332 valence electrons. The van der Waals surface area contributed by atoms with Gasteiger partial charge in [0.05, 0.1) is 52.0 Å². The lowest BCUT2D eigenvalue weighted by Crippen LogP contribution is -2.43. The number of methoxy groups -OCH3 is 2. The summed E-state index contributed by atoms with van der Waals surface area (Å²) in [5.41, 5.74) is 1.74. The van der Waals surface area contributed by atoms with Gasteiger partial charge < -0.3 is 33.9 Å². The van der Waals surface area contributed by atoms with Gasteiger partial charge in [0.15, 0.2) is 0 Å². The fraction of sp³-hybridized carbons (Fsp3) is 0.553. The summed E-state index contributed by atoms with van der Waals surface area (Å²) in [7, 11) is 2.09. The standard InChI is InChI=1S/C47H66N5O7PS/c1-35(2)52(36(3)4)60(59-32-16-29-48)58-31-15-8-7-14-30-49-44(53)20-13-12-19-43-45-42(33-61-43)51(46(54)50-45)34-57-47(37-17-10-9-11-18-37,38-21-25-40(55-5)26-22-38)39-23-27-41(56-6)28-24-39/h9-11,17-18,21-28,35-36,42-43,45H,7-8,12-16,19-20,30-34H2,1-6H3,(H,49,53)(H,50,54). The molecule has 2 saturated heterocycles. The number of nitrogens with one attached hydrogen (secondary N) is 2. The monoisotopic (exact) mass is 875 g/mol. The third-order valence-electron chi connectivity index (χ3n) is 11.2.